The summed E-state index contributed by atoms with van der Waals surface area (Å²) in [5.41, 5.74) is 0. The molecule has 27 heavy (non-hydrogen) atoms. The first-order valence-corrected chi connectivity index (χ1v) is 10.6. The molecule has 0 aliphatic rings. The van der Waals surface area contributed by atoms with Gasteiger partial charge in [-0.1, -0.05) is 12.1 Å². The molecule has 0 fully saturated rings. The van der Waals surface area contributed by atoms with Crippen molar-refractivity contribution in [3.05, 3.63) is 54.6 Å². The van der Waals surface area contributed by atoms with E-state index in [1.54, 1.807) is 0 Å². The van der Waals surface area contributed by atoms with Crippen LogP contribution < -0.4 is 0 Å². The lowest BCUT2D eigenvalue weighted by atomic mass is 9.97. The Kier molecular flexibility index (Phi) is 4.30. The molecule has 0 amide bonds. The summed E-state index contributed by atoms with van der Waals surface area (Å²) in [6, 6.07) is 18.7. The smallest absolute Gasteiger partial charge is 0.0199 e. The van der Waals surface area contributed by atoms with Gasteiger partial charge in [-0.05, 0) is 85.6 Å². The van der Waals surface area contributed by atoms with Crippen LogP contribution in [0.15, 0.2) is 79.1 Å². The fourth-order valence-electron chi connectivity index (χ4n) is 3.74. The Morgan fingerprint density at radius 3 is 1.41 bits per heavy atom. The van der Waals surface area contributed by atoms with E-state index >= 15 is 0 Å². The minimum Gasteiger partial charge on any atom is -0.143 e. The van der Waals surface area contributed by atoms with Crippen molar-refractivity contribution in [2.75, 3.05) is 0 Å². The first-order chi connectivity index (χ1) is 13.0. The summed E-state index contributed by atoms with van der Waals surface area (Å²) in [6.45, 7) is 0. The van der Waals surface area contributed by atoms with Gasteiger partial charge < -0.3 is 0 Å². The van der Waals surface area contributed by atoms with E-state index in [1.807, 2.05) is 24.3 Å². The molecule has 0 radical (unpaired) electrons. The van der Waals surface area contributed by atoms with Crippen LogP contribution in [0, 0.1) is 0 Å². The molecule has 0 atom stereocenters. The minimum absolute atomic E-state index is 0.925. The van der Waals surface area contributed by atoms with E-state index < -0.39 is 0 Å². The van der Waals surface area contributed by atoms with E-state index in [-0.39, 0.29) is 0 Å². The lowest BCUT2D eigenvalue weighted by molar-refractivity contribution is 1.46. The first kappa shape index (κ1) is 18.0. The van der Waals surface area contributed by atoms with E-state index in [9.17, 15) is 0 Å². The summed E-state index contributed by atoms with van der Waals surface area (Å²) in [6.07, 6.45) is 0. The van der Waals surface area contributed by atoms with Gasteiger partial charge in [0.2, 0.25) is 0 Å². The summed E-state index contributed by atoms with van der Waals surface area (Å²) >= 11 is 23.7. The van der Waals surface area contributed by atoms with Crippen LogP contribution in [-0.2, 0) is 0 Å². The van der Waals surface area contributed by atoms with Gasteiger partial charge in [-0.3, -0.25) is 0 Å². The summed E-state index contributed by atoms with van der Waals surface area (Å²) in [5, 5.41) is 8.69. The zero-order valence-corrected chi connectivity index (χ0v) is 18.4. The predicted molar refractivity (Wildman–Crippen MR) is 133 cm³/mol. The molecule has 0 nitrogen and oxygen atoms in total. The maximum Gasteiger partial charge on any atom is 0.0199 e. The van der Waals surface area contributed by atoms with Crippen molar-refractivity contribution in [2.45, 2.75) is 24.5 Å². The number of hydrogen-bond donors (Lipinski definition) is 5. The molecule has 0 N–H and O–H groups in total. The highest BCUT2D eigenvalue weighted by atomic mass is 32.1. The molecule has 0 aromatic heterocycles. The van der Waals surface area contributed by atoms with Crippen molar-refractivity contribution >= 4 is 106 Å². The van der Waals surface area contributed by atoms with Crippen LogP contribution in [0.4, 0.5) is 0 Å². The maximum atomic E-state index is 4.91. The number of benzene rings is 5. The Bertz CT molecular complexity index is 1420. The predicted octanol–water partition coefficient (Wildman–Crippen LogP) is 7.74. The Balaban J connectivity index is 2.04. The molecular weight excluding hydrogens is 425 g/mol. The third-order valence-electron chi connectivity index (χ3n) is 5.12. The molecule has 0 heterocycles. The van der Waals surface area contributed by atoms with Crippen molar-refractivity contribution < 1.29 is 0 Å². The molecule has 5 heteroatoms. The molecule has 0 saturated heterocycles. The number of thiol groups is 5. The quantitative estimate of drug-likeness (QED) is 0.118. The van der Waals surface area contributed by atoms with Gasteiger partial charge in [0.15, 0.2) is 0 Å². The lowest BCUT2D eigenvalue weighted by Crippen LogP contribution is -1.88. The topological polar surface area (TPSA) is 0 Å². The van der Waals surface area contributed by atoms with Crippen molar-refractivity contribution in [1.82, 2.24) is 0 Å². The highest BCUT2D eigenvalue weighted by Crippen LogP contribution is 2.42. The molecule has 132 valence electrons. The Hall–Kier alpha value is -1.11. The highest BCUT2D eigenvalue weighted by Gasteiger charge is 2.14. The van der Waals surface area contributed by atoms with Crippen LogP contribution in [0.3, 0.4) is 0 Å². The van der Waals surface area contributed by atoms with Gasteiger partial charge in [0.25, 0.3) is 0 Å². The van der Waals surface area contributed by atoms with Gasteiger partial charge in [-0.15, -0.1) is 63.1 Å². The molecule has 0 spiro atoms. The molecule has 0 saturated carbocycles. The van der Waals surface area contributed by atoms with Crippen LogP contribution in [0.25, 0.3) is 43.1 Å². The minimum atomic E-state index is 0.925. The Labute approximate surface area is 184 Å². The largest absolute Gasteiger partial charge is 0.143 e. The van der Waals surface area contributed by atoms with Crippen molar-refractivity contribution in [2.24, 2.45) is 0 Å². The zero-order chi connectivity index (χ0) is 18.9. The summed E-state index contributed by atoms with van der Waals surface area (Å²) < 4.78 is 0. The third kappa shape index (κ3) is 2.67. The summed E-state index contributed by atoms with van der Waals surface area (Å²) in [7, 11) is 0. The van der Waals surface area contributed by atoms with E-state index in [0.717, 1.165) is 67.6 Å². The Morgan fingerprint density at radius 1 is 0.407 bits per heavy atom. The molecule has 5 aromatic carbocycles. The van der Waals surface area contributed by atoms with Crippen molar-refractivity contribution in [3.8, 4) is 0 Å². The van der Waals surface area contributed by atoms with Crippen LogP contribution in [0.5, 0.6) is 0 Å². The van der Waals surface area contributed by atoms with Crippen LogP contribution in [0.2, 0.25) is 0 Å². The van der Waals surface area contributed by atoms with Gasteiger partial charge in [-0.2, -0.15) is 0 Å². The fourth-order valence-corrected chi connectivity index (χ4v) is 5.28. The molecule has 0 aliphatic carbocycles. The van der Waals surface area contributed by atoms with E-state index in [1.165, 1.54) is 0 Å². The third-order valence-corrected chi connectivity index (χ3v) is 7.26. The molecule has 5 rings (SSSR count). The molecular formula is C22H14S5. The average Bonchev–Trinajstić information content (AvgIpc) is 2.67. The number of fused-ring (bicyclic) bond motifs is 4. The van der Waals surface area contributed by atoms with Gasteiger partial charge in [0.1, 0.15) is 0 Å². The van der Waals surface area contributed by atoms with E-state index in [0.29, 0.717) is 0 Å². The molecule has 0 unspecified atom stereocenters. The second-order valence-electron chi connectivity index (χ2n) is 6.64. The highest BCUT2D eigenvalue weighted by molar-refractivity contribution is 7.81. The summed E-state index contributed by atoms with van der Waals surface area (Å²) in [4.78, 5) is 4.70. The number of rotatable bonds is 0. The second-order valence-corrected chi connectivity index (χ2v) is 8.98. The molecule has 0 bridgehead atoms. The average molecular weight is 439 g/mol. The Morgan fingerprint density at radius 2 is 0.852 bits per heavy atom. The van der Waals surface area contributed by atoms with Gasteiger partial charge in [0.05, 0.1) is 0 Å². The van der Waals surface area contributed by atoms with Crippen LogP contribution in [-0.4, -0.2) is 0 Å². The molecule has 5 aromatic rings. The second kappa shape index (κ2) is 6.46. The SMILES string of the molecule is Sc1cccc2cc3c(S)c4cc5c(S)ccc(S)c5cc4c(S)c3cc12. The normalized spacial score (nSPS) is 11.9. The van der Waals surface area contributed by atoms with Gasteiger partial charge >= 0.3 is 0 Å². The van der Waals surface area contributed by atoms with Crippen LogP contribution in [0.1, 0.15) is 0 Å². The van der Waals surface area contributed by atoms with Crippen molar-refractivity contribution in [3.63, 3.8) is 0 Å². The van der Waals surface area contributed by atoms with E-state index in [4.69, 9.17) is 25.3 Å². The van der Waals surface area contributed by atoms with Gasteiger partial charge in [0, 0.05) is 24.5 Å². The van der Waals surface area contributed by atoms with Gasteiger partial charge in [-0.25, -0.2) is 0 Å². The van der Waals surface area contributed by atoms with Crippen LogP contribution >= 0.6 is 63.1 Å². The summed E-state index contributed by atoms with van der Waals surface area (Å²) in [5.74, 6) is 0. The fraction of sp³-hybridized carbons (Fsp3) is 0. The molecule has 0 aliphatic heterocycles. The number of hydrogen-bond acceptors (Lipinski definition) is 5. The first-order valence-electron chi connectivity index (χ1n) is 8.33. The monoisotopic (exact) mass is 438 g/mol. The maximum absolute atomic E-state index is 4.91. The standard InChI is InChI=1S/C22H14S5/c23-18-3-1-2-10-6-14-15(7-11(10)18)22(27)17-9-13-12(8-16(17)21(14)26)19(24)4-5-20(13)25/h1-9,23-27H. The lowest BCUT2D eigenvalue weighted by Gasteiger charge is -2.15. The van der Waals surface area contributed by atoms with Crippen molar-refractivity contribution in [1.29, 1.82) is 0 Å². The van der Waals surface area contributed by atoms with E-state index in [2.05, 4.69) is 68.2 Å². The zero-order valence-electron chi connectivity index (χ0n) is 13.9.